The first-order valence-electron chi connectivity index (χ1n) is 4.59. The fourth-order valence-corrected chi connectivity index (χ4v) is 1.10. The lowest BCUT2D eigenvalue weighted by atomic mass is 9.99. The molecule has 1 rings (SSSR count). The fraction of sp³-hybridized carbons (Fsp3) is 0.231. The molecular formula is C13H13BrO. The van der Waals surface area contributed by atoms with E-state index in [4.69, 9.17) is 0 Å². The van der Waals surface area contributed by atoms with Crippen LogP contribution in [0.2, 0.25) is 0 Å². The minimum absolute atomic E-state index is 0.645. The first-order chi connectivity index (χ1) is 6.92. The second kappa shape index (κ2) is 4.65. The van der Waals surface area contributed by atoms with Crippen molar-refractivity contribution >= 4 is 15.9 Å². The van der Waals surface area contributed by atoms with Gasteiger partial charge in [-0.05, 0) is 43.7 Å². The highest BCUT2D eigenvalue weighted by atomic mass is 79.9. The zero-order valence-electron chi connectivity index (χ0n) is 8.84. The summed E-state index contributed by atoms with van der Waals surface area (Å²) in [5.41, 5.74) is 0.402. The molecule has 0 heterocycles. The van der Waals surface area contributed by atoms with Gasteiger partial charge in [-0.2, -0.15) is 0 Å². The maximum atomic E-state index is 9.83. The number of hydrogen-bond acceptors (Lipinski definition) is 1. The fourth-order valence-electron chi connectivity index (χ4n) is 0.834. The van der Waals surface area contributed by atoms with Crippen molar-refractivity contribution in [2.24, 2.45) is 0 Å². The molecule has 0 bridgehead atoms. The van der Waals surface area contributed by atoms with Crippen LogP contribution in [0.15, 0.2) is 40.9 Å². The second-order valence-corrected chi connectivity index (χ2v) is 4.53. The van der Waals surface area contributed by atoms with Crippen LogP contribution in [0.5, 0.6) is 0 Å². The van der Waals surface area contributed by atoms with E-state index in [0.717, 1.165) is 10.0 Å². The Morgan fingerprint density at radius 2 is 1.93 bits per heavy atom. The Hall–Kier alpha value is -1.04. The summed E-state index contributed by atoms with van der Waals surface area (Å²) in [7, 11) is 0. The first-order valence-corrected chi connectivity index (χ1v) is 5.38. The van der Waals surface area contributed by atoms with Crippen LogP contribution in [0.1, 0.15) is 19.4 Å². The minimum atomic E-state index is -1.12. The summed E-state index contributed by atoms with van der Waals surface area (Å²) in [5, 5.41) is 9.83. The molecule has 1 N–H and O–H groups in total. The van der Waals surface area contributed by atoms with Gasteiger partial charge in [0.25, 0.3) is 0 Å². The predicted octanol–water partition coefficient (Wildman–Crippen LogP) is 3.13. The summed E-state index contributed by atoms with van der Waals surface area (Å²) >= 11 is 3.35. The molecular weight excluding hydrogens is 252 g/mol. The van der Waals surface area contributed by atoms with E-state index in [1.54, 1.807) is 13.8 Å². The summed E-state index contributed by atoms with van der Waals surface area (Å²) in [5.74, 6) is 5.70. The molecule has 1 nitrogen and oxygen atoms in total. The highest BCUT2D eigenvalue weighted by Crippen LogP contribution is 2.13. The van der Waals surface area contributed by atoms with Gasteiger partial charge in [-0.15, -0.1) is 0 Å². The van der Waals surface area contributed by atoms with Gasteiger partial charge in [0.1, 0.15) is 5.60 Å². The van der Waals surface area contributed by atoms with Gasteiger partial charge in [-0.25, -0.2) is 0 Å². The lowest BCUT2D eigenvalue weighted by molar-refractivity contribution is 0.161. The van der Waals surface area contributed by atoms with Gasteiger partial charge in [0.2, 0.25) is 0 Å². The van der Waals surface area contributed by atoms with Crippen molar-refractivity contribution in [3.63, 3.8) is 0 Å². The molecule has 0 saturated heterocycles. The van der Waals surface area contributed by atoms with Crippen LogP contribution in [0.25, 0.3) is 0 Å². The van der Waals surface area contributed by atoms with Gasteiger partial charge >= 0.3 is 0 Å². The normalized spacial score (nSPS) is 13.6. The summed E-state index contributed by atoms with van der Waals surface area (Å²) in [6.45, 7) is 7.09. The van der Waals surface area contributed by atoms with Crippen molar-refractivity contribution in [3.8, 4) is 11.8 Å². The zero-order chi connectivity index (χ0) is 11.5. The van der Waals surface area contributed by atoms with E-state index < -0.39 is 5.60 Å². The largest absolute Gasteiger partial charge is 0.374 e. The number of halogens is 1. The highest BCUT2D eigenvalue weighted by Gasteiger charge is 2.16. The van der Waals surface area contributed by atoms with Crippen molar-refractivity contribution in [2.75, 3.05) is 0 Å². The molecule has 2 heteroatoms. The van der Waals surface area contributed by atoms with Crippen LogP contribution in [-0.2, 0) is 0 Å². The highest BCUT2D eigenvalue weighted by molar-refractivity contribution is 9.10. The average Bonchev–Trinajstić information content (AvgIpc) is 2.17. The third-order valence-corrected chi connectivity index (χ3v) is 2.65. The third kappa shape index (κ3) is 3.54. The number of hydrogen-bond donors (Lipinski definition) is 1. The van der Waals surface area contributed by atoms with Gasteiger partial charge in [0.05, 0.1) is 0 Å². The molecule has 0 spiro atoms. The molecule has 1 aromatic rings. The lowest BCUT2D eigenvalue weighted by Gasteiger charge is -2.15. The Labute approximate surface area is 99.0 Å². The summed E-state index contributed by atoms with van der Waals surface area (Å²) in [6, 6.07) is 7.62. The van der Waals surface area contributed by atoms with Crippen molar-refractivity contribution in [1.29, 1.82) is 0 Å². The van der Waals surface area contributed by atoms with Crippen LogP contribution in [0.3, 0.4) is 0 Å². The molecule has 1 aromatic carbocycles. The van der Waals surface area contributed by atoms with Crippen molar-refractivity contribution < 1.29 is 5.11 Å². The molecule has 15 heavy (non-hydrogen) atoms. The van der Waals surface area contributed by atoms with E-state index in [2.05, 4.69) is 34.3 Å². The molecule has 0 amide bonds. The molecule has 0 aliphatic rings. The molecule has 1 atom stereocenters. The smallest absolute Gasteiger partial charge is 0.144 e. The maximum absolute atomic E-state index is 9.83. The Morgan fingerprint density at radius 3 is 2.40 bits per heavy atom. The third-order valence-electron chi connectivity index (χ3n) is 2.13. The molecule has 0 aromatic heterocycles. The summed E-state index contributed by atoms with van der Waals surface area (Å²) in [4.78, 5) is 0. The quantitative estimate of drug-likeness (QED) is 0.611. The Morgan fingerprint density at radius 1 is 1.40 bits per heavy atom. The van der Waals surface area contributed by atoms with Crippen molar-refractivity contribution in [1.82, 2.24) is 0 Å². The lowest BCUT2D eigenvalue weighted by Crippen LogP contribution is -2.22. The van der Waals surface area contributed by atoms with Crippen LogP contribution >= 0.6 is 15.9 Å². The Bertz CT molecular complexity index is 418. The molecule has 0 aliphatic heterocycles. The van der Waals surface area contributed by atoms with Gasteiger partial charge in [-0.3, -0.25) is 0 Å². The molecule has 0 saturated carbocycles. The van der Waals surface area contributed by atoms with E-state index in [0.29, 0.717) is 5.57 Å². The summed E-state index contributed by atoms with van der Waals surface area (Å²) in [6.07, 6.45) is 0. The van der Waals surface area contributed by atoms with Crippen LogP contribution in [0.4, 0.5) is 0 Å². The number of aliphatic hydroxyl groups is 1. The molecule has 0 aliphatic carbocycles. The van der Waals surface area contributed by atoms with Gasteiger partial charge < -0.3 is 5.11 Å². The van der Waals surface area contributed by atoms with E-state index in [1.165, 1.54) is 0 Å². The number of benzene rings is 1. The van der Waals surface area contributed by atoms with Crippen molar-refractivity contribution in [3.05, 3.63) is 46.5 Å². The van der Waals surface area contributed by atoms with E-state index in [-0.39, 0.29) is 0 Å². The predicted molar refractivity (Wildman–Crippen MR) is 66.5 cm³/mol. The standard InChI is InChI=1S/C13H13BrO/c1-10(2)13(3,15)9-8-11-4-6-12(14)7-5-11/h4-7,15H,1H2,2-3H3. The minimum Gasteiger partial charge on any atom is -0.374 e. The van der Waals surface area contributed by atoms with Crippen LogP contribution < -0.4 is 0 Å². The van der Waals surface area contributed by atoms with Gasteiger partial charge in [0, 0.05) is 10.0 Å². The van der Waals surface area contributed by atoms with Crippen LogP contribution in [-0.4, -0.2) is 10.7 Å². The SMILES string of the molecule is C=C(C)C(C)(O)C#Cc1ccc(Br)cc1. The second-order valence-electron chi connectivity index (χ2n) is 3.61. The maximum Gasteiger partial charge on any atom is 0.144 e. The number of rotatable bonds is 1. The molecule has 0 radical (unpaired) electrons. The molecule has 1 unspecified atom stereocenters. The summed E-state index contributed by atoms with van der Waals surface area (Å²) < 4.78 is 1.01. The van der Waals surface area contributed by atoms with Gasteiger partial charge in [-0.1, -0.05) is 34.3 Å². The Kier molecular flexibility index (Phi) is 3.73. The van der Waals surface area contributed by atoms with Crippen LogP contribution in [0, 0.1) is 11.8 Å². The monoisotopic (exact) mass is 264 g/mol. The zero-order valence-corrected chi connectivity index (χ0v) is 10.4. The van der Waals surface area contributed by atoms with Gasteiger partial charge in [0.15, 0.2) is 0 Å². The van der Waals surface area contributed by atoms with Crippen molar-refractivity contribution in [2.45, 2.75) is 19.4 Å². The topological polar surface area (TPSA) is 20.2 Å². The average molecular weight is 265 g/mol. The first kappa shape index (κ1) is 12.0. The molecule has 78 valence electrons. The van der Waals surface area contributed by atoms with E-state index in [1.807, 2.05) is 24.3 Å². The molecule has 0 fully saturated rings. The van der Waals surface area contributed by atoms with E-state index in [9.17, 15) is 5.11 Å². The Balaban J connectivity index is 2.91. The van der Waals surface area contributed by atoms with E-state index >= 15 is 0 Å².